The highest BCUT2D eigenvalue weighted by Gasteiger charge is 2.27. The van der Waals surface area contributed by atoms with E-state index in [0.29, 0.717) is 34.7 Å². The number of carbonyl (C=O) groups excluding carboxylic acids is 1. The van der Waals surface area contributed by atoms with Crippen molar-refractivity contribution in [2.24, 2.45) is 0 Å². The molecular weight excluding hydrogens is 457 g/mol. The first-order chi connectivity index (χ1) is 16.5. The Balaban J connectivity index is 1.22. The van der Waals surface area contributed by atoms with Gasteiger partial charge in [-0.05, 0) is 49.7 Å². The third-order valence-electron chi connectivity index (χ3n) is 5.66. The number of para-hydroxylation sites is 2. The van der Waals surface area contributed by atoms with Gasteiger partial charge in [0.15, 0.2) is 17.3 Å². The molecule has 0 N–H and O–H groups in total. The monoisotopic (exact) mass is 479 g/mol. The summed E-state index contributed by atoms with van der Waals surface area (Å²) in [4.78, 5) is 12.9. The molecule has 1 aliphatic rings. The van der Waals surface area contributed by atoms with Crippen LogP contribution < -0.4 is 9.47 Å². The molecule has 3 heterocycles. The average molecular weight is 480 g/mol. The van der Waals surface area contributed by atoms with Crippen LogP contribution in [0.4, 0.5) is 4.39 Å². The summed E-state index contributed by atoms with van der Waals surface area (Å²) in [5, 5.41) is 8.41. The van der Waals surface area contributed by atoms with E-state index in [1.807, 2.05) is 48.7 Å². The maximum Gasteiger partial charge on any atom is 0.277 e. The molecule has 2 aromatic heterocycles. The smallest absolute Gasteiger partial charge is 0.277 e. The molecule has 0 bridgehead atoms. The molecule has 9 heteroatoms. The van der Waals surface area contributed by atoms with Crippen LogP contribution in [0.3, 0.4) is 0 Å². The van der Waals surface area contributed by atoms with E-state index in [0.717, 1.165) is 17.0 Å². The Bertz CT molecular complexity index is 1330. The van der Waals surface area contributed by atoms with E-state index in [4.69, 9.17) is 13.9 Å². The maximum absolute atomic E-state index is 13.2. The van der Waals surface area contributed by atoms with Crippen LogP contribution in [0.5, 0.6) is 11.5 Å². The fraction of sp³-hybridized carbons (Fsp3) is 0.240. The van der Waals surface area contributed by atoms with Crippen molar-refractivity contribution >= 4 is 17.5 Å². The molecular formula is C25H22FN3O4S. The number of fused-ring (bicyclic) bond motifs is 1. The third-order valence-corrected chi connectivity index (χ3v) is 6.48. The summed E-state index contributed by atoms with van der Waals surface area (Å²) < 4.78 is 32.6. The number of ketones is 1. The zero-order valence-electron chi connectivity index (χ0n) is 18.7. The number of Topliss-reactive ketones (excluding diaryl/α,β-unsaturated/α-hetero) is 1. The standard InChI is InChI=1S/C25H22FN3O4S/c1-15-11-19(16(2)29(15)12-17-7-9-18(26)10-8-17)20(30)14-34-25-28-27-24(33-25)23-13-31-21-5-3-4-6-22(21)32-23/h3-11,23H,12-14H2,1-2H3/t23-/m0/s1. The van der Waals surface area contributed by atoms with Crippen molar-refractivity contribution in [2.75, 3.05) is 12.4 Å². The number of nitrogens with zero attached hydrogens (tertiary/aromatic N) is 3. The van der Waals surface area contributed by atoms with Gasteiger partial charge in [-0.1, -0.05) is 36.0 Å². The van der Waals surface area contributed by atoms with Crippen LogP contribution in [0, 0.1) is 19.7 Å². The zero-order chi connectivity index (χ0) is 23.7. The lowest BCUT2D eigenvalue weighted by Gasteiger charge is -2.23. The highest BCUT2D eigenvalue weighted by atomic mass is 32.2. The average Bonchev–Trinajstić information content (AvgIpc) is 3.44. The molecule has 0 fully saturated rings. The van der Waals surface area contributed by atoms with Crippen molar-refractivity contribution in [2.45, 2.75) is 31.7 Å². The first-order valence-electron chi connectivity index (χ1n) is 10.8. The van der Waals surface area contributed by atoms with Gasteiger partial charge in [-0.2, -0.15) is 0 Å². The lowest BCUT2D eigenvalue weighted by molar-refractivity contribution is 0.0686. The van der Waals surface area contributed by atoms with Gasteiger partial charge in [0, 0.05) is 23.5 Å². The topological polar surface area (TPSA) is 79.4 Å². The van der Waals surface area contributed by atoms with Gasteiger partial charge < -0.3 is 18.5 Å². The maximum atomic E-state index is 13.2. The van der Waals surface area contributed by atoms with Crippen molar-refractivity contribution in [3.63, 3.8) is 0 Å². The number of carbonyl (C=O) groups is 1. The quantitative estimate of drug-likeness (QED) is 0.267. The van der Waals surface area contributed by atoms with E-state index >= 15 is 0 Å². The number of halogens is 1. The van der Waals surface area contributed by atoms with Gasteiger partial charge in [0.25, 0.3) is 11.1 Å². The molecule has 34 heavy (non-hydrogen) atoms. The lowest BCUT2D eigenvalue weighted by Crippen LogP contribution is -2.21. The Hall–Kier alpha value is -3.59. The number of aromatic nitrogens is 3. The number of hydrogen-bond donors (Lipinski definition) is 0. The highest BCUT2D eigenvalue weighted by Crippen LogP contribution is 2.36. The van der Waals surface area contributed by atoms with Gasteiger partial charge in [0.1, 0.15) is 12.4 Å². The van der Waals surface area contributed by atoms with Crippen LogP contribution in [-0.4, -0.2) is 32.9 Å². The summed E-state index contributed by atoms with van der Waals surface area (Å²) in [5.74, 6) is 1.46. The normalized spacial score (nSPS) is 14.9. The van der Waals surface area contributed by atoms with E-state index in [-0.39, 0.29) is 24.0 Å². The largest absolute Gasteiger partial charge is 0.485 e. The Labute approximate surface area is 199 Å². The summed E-state index contributed by atoms with van der Waals surface area (Å²) in [6.45, 7) is 4.70. The van der Waals surface area contributed by atoms with Crippen LogP contribution in [0.25, 0.3) is 0 Å². The Morgan fingerprint density at radius 1 is 1.12 bits per heavy atom. The van der Waals surface area contributed by atoms with Crippen molar-refractivity contribution < 1.29 is 23.1 Å². The second kappa shape index (κ2) is 9.34. The molecule has 0 aliphatic carbocycles. The second-order valence-electron chi connectivity index (χ2n) is 7.98. The number of rotatable bonds is 7. The Kier molecular flexibility index (Phi) is 6.10. The van der Waals surface area contributed by atoms with E-state index in [1.54, 1.807) is 12.1 Å². The molecule has 1 atom stereocenters. The van der Waals surface area contributed by atoms with Gasteiger partial charge in [-0.15, -0.1) is 10.2 Å². The zero-order valence-corrected chi connectivity index (χ0v) is 19.5. The van der Waals surface area contributed by atoms with Gasteiger partial charge in [0.05, 0.1) is 5.75 Å². The van der Waals surface area contributed by atoms with E-state index < -0.39 is 6.10 Å². The molecule has 4 aromatic rings. The number of thioether (sulfide) groups is 1. The molecule has 7 nitrogen and oxygen atoms in total. The molecule has 0 unspecified atom stereocenters. The summed E-state index contributed by atoms with van der Waals surface area (Å²) >= 11 is 1.19. The second-order valence-corrected chi connectivity index (χ2v) is 8.91. The van der Waals surface area contributed by atoms with Crippen LogP contribution in [0.1, 0.15) is 39.3 Å². The van der Waals surface area contributed by atoms with Crippen molar-refractivity contribution in [1.82, 2.24) is 14.8 Å². The Morgan fingerprint density at radius 2 is 1.88 bits per heavy atom. The van der Waals surface area contributed by atoms with Crippen LogP contribution in [0.2, 0.25) is 0 Å². The SMILES string of the molecule is Cc1cc(C(=O)CSc2nnc([C@@H]3COc4ccccc4O3)o2)c(C)n1Cc1ccc(F)cc1. The molecule has 0 amide bonds. The van der Waals surface area contributed by atoms with Gasteiger partial charge in [-0.3, -0.25) is 4.79 Å². The molecule has 0 saturated carbocycles. The molecule has 2 aromatic carbocycles. The summed E-state index contributed by atoms with van der Waals surface area (Å²) in [5.41, 5.74) is 3.44. The number of benzene rings is 2. The summed E-state index contributed by atoms with van der Waals surface area (Å²) in [6, 6.07) is 15.6. The van der Waals surface area contributed by atoms with Crippen molar-refractivity contribution in [3.05, 3.63) is 88.8 Å². The molecule has 1 aliphatic heterocycles. The van der Waals surface area contributed by atoms with Gasteiger partial charge >= 0.3 is 0 Å². The minimum atomic E-state index is -0.502. The molecule has 174 valence electrons. The molecule has 0 radical (unpaired) electrons. The van der Waals surface area contributed by atoms with E-state index in [2.05, 4.69) is 10.2 Å². The van der Waals surface area contributed by atoms with Crippen LogP contribution in [0.15, 0.2) is 64.2 Å². The van der Waals surface area contributed by atoms with E-state index in [9.17, 15) is 9.18 Å². The minimum Gasteiger partial charge on any atom is -0.485 e. The molecule has 5 rings (SSSR count). The number of hydrogen-bond acceptors (Lipinski definition) is 7. The predicted octanol–water partition coefficient (Wildman–Crippen LogP) is 5.16. The predicted molar refractivity (Wildman–Crippen MR) is 124 cm³/mol. The first kappa shape index (κ1) is 22.2. The summed E-state index contributed by atoms with van der Waals surface area (Å²) in [6.07, 6.45) is -0.502. The molecule has 0 spiro atoms. The fourth-order valence-electron chi connectivity index (χ4n) is 3.85. The van der Waals surface area contributed by atoms with Gasteiger partial charge in [-0.25, -0.2) is 4.39 Å². The number of ether oxygens (including phenoxy) is 2. The molecule has 0 saturated heterocycles. The Morgan fingerprint density at radius 3 is 2.68 bits per heavy atom. The highest BCUT2D eigenvalue weighted by molar-refractivity contribution is 7.99. The van der Waals surface area contributed by atoms with Crippen molar-refractivity contribution in [1.29, 1.82) is 0 Å². The third kappa shape index (κ3) is 4.56. The minimum absolute atomic E-state index is 0.0330. The number of aryl methyl sites for hydroxylation is 1. The first-order valence-corrected chi connectivity index (χ1v) is 11.8. The summed E-state index contributed by atoms with van der Waals surface area (Å²) in [7, 11) is 0. The van der Waals surface area contributed by atoms with Gasteiger partial charge in [0.2, 0.25) is 6.10 Å². The van der Waals surface area contributed by atoms with Crippen LogP contribution in [-0.2, 0) is 6.54 Å². The van der Waals surface area contributed by atoms with E-state index in [1.165, 1.54) is 23.9 Å². The van der Waals surface area contributed by atoms with Crippen molar-refractivity contribution in [3.8, 4) is 11.5 Å². The lowest BCUT2D eigenvalue weighted by atomic mass is 10.2. The van der Waals surface area contributed by atoms with Crippen LogP contribution >= 0.6 is 11.8 Å². The fourth-order valence-corrected chi connectivity index (χ4v) is 4.51.